The molecule has 0 amide bonds. The SMILES string of the molecule is CC(C)C(N)c1noc(C2C(C)(C)C2(C)C)n1. The molecule has 0 aliphatic heterocycles. The number of hydrogen-bond donors (Lipinski definition) is 1. The van der Waals surface area contributed by atoms with Crippen LogP contribution >= 0.6 is 0 Å². The molecule has 0 bridgehead atoms. The van der Waals surface area contributed by atoms with Gasteiger partial charge in [-0.25, -0.2) is 0 Å². The van der Waals surface area contributed by atoms with Crippen molar-refractivity contribution >= 4 is 0 Å². The summed E-state index contributed by atoms with van der Waals surface area (Å²) in [6.45, 7) is 13.1. The zero-order valence-corrected chi connectivity index (χ0v) is 11.6. The number of rotatable bonds is 3. The van der Waals surface area contributed by atoms with E-state index in [2.05, 4.69) is 51.7 Å². The monoisotopic (exact) mass is 237 g/mol. The third kappa shape index (κ3) is 1.69. The van der Waals surface area contributed by atoms with Crippen LogP contribution in [0.3, 0.4) is 0 Å². The lowest BCUT2D eigenvalue weighted by atomic mass is 10.0. The van der Waals surface area contributed by atoms with Gasteiger partial charge in [0, 0.05) is 5.92 Å². The lowest BCUT2D eigenvalue weighted by molar-refractivity contribution is 0.352. The van der Waals surface area contributed by atoms with E-state index in [1.165, 1.54) is 0 Å². The Balaban J connectivity index is 2.22. The molecule has 2 rings (SSSR count). The van der Waals surface area contributed by atoms with Gasteiger partial charge in [-0.05, 0) is 16.7 Å². The van der Waals surface area contributed by atoms with E-state index in [9.17, 15) is 0 Å². The van der Waals surface area contributed by atoms with Gasteiger partial charge < -0.3 is 10.3 Å². The van der Waals surface area contributed by atoms with Gasteiger partial charge >= 0.3 is 0 Å². The van der Waals surface area contributed by atoms with Crippen LogP contribution in [0, 0.1) is 16.7 Å². The summed E-state index contributed by atoms with van der Waals surface area (Å²) in [7, 11) is 0. The van der Waals surface area contributed by atoms with Crippen molar-refractivity contribution in [3.05, 3.63) is 11.7 Å². The van der Waals surface area contributed by atoms with Crippen molar-refractivity contribution in [2.45, 2.75) is 53.5 Å². The molecule has 1 atom stereocenters. The Morgan fingerprint density at radius 3 is 2.12 bits per heavy atom. The molecule has 1 saturated carbocycles. The third-order valence-electron chi connectivity index (χ3n) is 4.74. The number of hydrogen-bond acceptors (Lipinski definition) is 4. The predicted octanol–water partition coefficient (Wildman–Crippen LogP) is 2.88. The molecule has 4 heteroatoms. The molecule has 1 aliphatic rings. The summed E-state index contributed by atoms with van der Waals surface area (Å²) < 4.78 is 5.39. The molecule has 1 heterocycles. The first-order chi connectivity index (χ1) is 7.69. The van der Waals surface area contributed by atoms with Crippen LogP contribution in [0.2, 0.25) is 0 Å². The summed E-state index contributed by atoms with van der Waals surface area (Å²) in [6.07, 6.45) is 0. The highest BCUT2D eigenvalue weighted by Crippen LogP contribution is 2.73. The van der Waals surface area contributed by atoms with Crippen molar-refractivity contribution in [1.29, 1.82) is 0 Å². The topological polar surface area (TPSA) is 64.9 Å². The molecular formula is C13H23N3O. The lowest BCUT2D eigenvalue weighted by Crippen LogP contribution is -2.18. The molecule has 0 aromatic carbocycles. The van der Waals surface area contributed by atoms with Crippen LogP contribution in [0.15, 0.2) is 4.52 Å². The third-order valence-corrected chi connectivity index (χ3v) is 4.74. The highest BCUT2D eigenvalue weighted by molar-refractivity contribution is 5.25. The molecule has 17 heavy (non-hydrogen) atoms. The van der Waals surface area contributed by atoms with Crippen molar-refractivity contribution in [2.75, 3.05) is 0 Å². The maximum Gasteiger partial charge on any atom is 0.230 e. The second-order valence-corrected chi connectivity index (χ2v) is 6.64. The molecule has 0 spiro atoms. The van der Waals surface area contributed by atoms with Gasteiger partial charge in [0.25, 0.3) is 0 Å². The predicted molar refractivity (Wildman–Crippen MR) is 66.4 cm³/mol. The fraction of sp³-hybridized carbons (Fsp3) is 0.846. The van der Waals surface area contributed by atoms with Crippen LogP contribution in [-0.4, -0.2) is 10.1 Å². The Labute approximate surface area is 103 Å². The zero-order chi connectivity index (χ0) is 13.0. The largest absolute Gasteiger partial charge is 0.339 e. The van der Waals surface area contributed by atoms with E-state index in [-0.39, 0.29) is 16.9 Å². The Morgan fingerprint density at radius 2 is 1.71 bits per heavy atom. The molecular weight excluding hydrogens is 214 g/mol. The van der Waals surface area contributed by atoms with Gasteiger partial charge in [-0.1, -0.05) is 46.7 Å². The Morgan fingerprint density at radius 1 is 1.18 bits per heavy atom. The minimum Gasteiger partial charge on any atom is -0.339 e. The average molecular weight is 237 g/mol. The van der Waals surface area contributed by atoms with Crippen LogP contribution in [0.4, 0.5) is 0 Å². The highest BCUT2D eigenvalue weighted by Gasteiger charge is 2.68. The van der Waals surface area contributed by atoms with Gasteiger partial charge in [0.2, 0.25) is 5.89 Å². The maximum atomic E-state index is 6.02. The van der Waals surface area contributed by atoms with Gasteiger partial charge in [0.1, 0.15) is 0 Å². The molecule has 1 aromatic heterocycles. The van der Waals surface area contributed by atoms with Crippen LogP contribution in [0.25, 0.3) is 0 Å². The number of aromatic nitrogens is 2. The Kier molecular flexibility index (Phi) is 2.62. The first kappa shape index (κ1) is 12.6. The fourth-order valence-corrected chi connectivity index (χ4v) is 2.61. The minimum absolute atomic E-state index is 0.141. The standard InChI is InChI=1S/C13H23N3O/c1-7(2)8(14)10-15-11(17-16-10)9-12(3,4)13(9,5)6/h7-9H,14H2,1-6H3. The van der Waals surface area contributed by atoms with E-state index in [1.54, 1.807) is 0 Å². The zero-order valence-electron chi connectivity index (χ0n) is 11.6. The quantitative estimate of drug-likeness (QED) is 0.878. The second kappa shape index (κ2) is 3.55. The first-order valence-corrected chi connectivity index (χ1v) is 6.28. The second-order valence-electron chi connectivity index (χ2n) is 6.64. The van der Waals surface area contributed by atoms with Gasteiger partial charge in [0.15, 0.2) is 5.82 Å². The van der Waals surface area contributed by atoms with E-state index < -0.39 is 0 Å². The summed E-state index contributed by atoms with van der Waals surface area (Å²) in [5.74, 6) is 2.04. The molecule has 1 aliphatic carbocycles. The normalized spacial score (nSPS) is 24.0. The van der Waals surface area contributed by atoms with Crippen LogP contribution in [-0.2, 0) is 0 Å². The molecule has 1 fully saturated rings. The fourth-order valence-electron chi connectivity index (χ4n) is 2.61. The summed E-state index contributed by atoms with van der Waals surface area (Å²) in [5.41, 5.74) is 6.46. The van der Waals surface area contributed by atoms with Crippen molar-refractivity contribution in [3.8, 4) is 0 Å². The Bertz CT molecular complexity index is 406. The van der Waals surface area contributed by atoms with Crippen molar-refractivity contribution in [3.63, 3.8) is 0 Å². The molecule has 1 unspecified atom stereocenters. The molecule has 2 N–H and O–H groups in total. The van der Waals surface area contributed by atoms with Crippen LogP contribution in [0.5, 0.6) is 0 Å². The van der Waals surface area contributed by atoms with Gasteiger partial charge in [0.05, 0.1) is 6.04 Å². The Hall–Kier alpha value is -0.900. The first-order valence-electron chi connectivity index (χ1n) is 6.28. The minimum atomic E-state index is -0.141. The van der Waals surface area contributed by atoms with Crippen molar-refractivity contribution in [2.24, 2.45) is 22.5 Å². The van der Waals surface area contributed by atoms with E-state index in [0.717, 1.165) is 5.89 Å². The van der Waals surface area contributed by atoms with Gasteiger partial charge in [-0.3, -0.25) is 0 Å². The van der Waals surface area contributed by atoms with Crippen LogP contribution in [0.1, 0.15) is 65.2 Å². The van der Waals surface area contributed by atoms with Gasteiger partial charge in [-0.15, -0.1) is 0 Å². The summed E-state index contributed by atoms with van der Waals surface area (Å²) >= 11 is 0. The van der Waals surface area contributed by atoms with E-state index in [4.69, 9.17) is 10.3 Å². The smallest absolute Gasteiger partial charge is 0.230 e. The summed E-state index contributed by atoms with van der Waals surface area (Å²) in [5, 5.41) is 4.02. The molecule has 0 radical (unpaired) electrons. The highest BCUT2D eigenvalue weighted by atomic mass is 16.5. The van der Waals surface area contributed by atoms with Gasteiger partial charge in [-0.2, -0.15) is 4.98 Å². The summed E-state index contributed by atoms with van der Waals surface area (Å²) in [4.78, 5) is 4.48. The average Bonchev–Trinajstić information content (AvgIpc) is 2.56. The maximum absolute atomic E-state index is 6.02. The molecule has 4 nitrogen and oxygen atoms in total. The van der Waals surface area contributed by atoms with E-state index >= 15 is 0 Å². The van der Waals surface area contributed by atoms with E-state index in [0.29, 0.717) is 17.7 Å². The summed E-state index contributed by atoms with van der Waals surface area (Å²) in [6, 6.07) is -0.141. The van der Waals surface area contributed by atoms with Crippen molar-refractivity contribution in [1.82, 2.24) is 10.1 Å². The lowest BCUT2D eigenvalue weighted by Gasteiger charge is -2.09. The van der Waals surface area contributed by atoms with E-state index in [1.807, 2.05) is 0 Å². The van der Waals surface area contributed by atoms with Crippen LogP contribution < -0.4 is 5.73 Å². The van der Waals surface area contributed by atoms with Crippen molar-refractivity contribution < 1.29 is 4.52 Å². The molecule has 0 saturated heterocycles. The number of nitrogens with zero attached hydrogens (tertiary/aromatic N) is 2. The molecule has 1 aromatic rings. The number of nitrogens with two attached hydrogens (primary N) is 1. The molecule has 96 valence electrons.